The number of benzene rings is 4. The Kier molecular flexibility index (Phi) is 10.2. The average Bonchev–Trinajstić information content (AvgIpc) is 3.02. The standard InChI is InChI=1S/C33H28F2N2O3.C2H4O2/c1-21-3-6-24(19-31(21)38)23-7-4-22(5-8-23)15-16-36-32(39)30-18-26-17-29(12-9-25(26)20-37-30)40-28-13-10-27(11-14-28)33(2,34)35;1-4-2-3/h3-14,17-20,38H,15-16H2,1-2H3,(H,36,39);2H,1H3. The minimum absolute atomic E-state index is 0.0829. The molecule has 7 nitrogen and oxygen atoms in total. The van der Waals surface area contributed by atoms with E-state index in [1.807, 2.05) is 49.4 Å². The second-order valence-corrected chi connectivity index (χ2v) is 10.1. The van der Waals surface area contributed by atoms with E-state index >= 15 is 0 Å². The number of ether oxygens (including phenoxy) is 2. The number of fused-ring (bicyclic) bond motifs is 1. The molecule has 5 rings (SSSR count). The Morgan fingerprint density at radius 3 is 2.20 bits per heavy atom. The van der Waals surface area contributed by atoms with Gasteiger partial charge in [-0.3, -0.25) is 14.6 Å². The molecule has 5 aromatic rings. The number of nitrogens with zero attached hydrogens (tertiary/aromatic N) is 1. The van der Waals surface area contributed by atoms with Gasteiger partial charge in [0, 0.05) is 30.6 Å². The third-order valence-corrected chi connectivity index (χ3v) is 6.81. The smallest absolute Gasteiger partial charge is 0.292 e. The Balaban J connectivity index is 0.00000104. The summed E-state index contributed by atoms with van der Waals surface area (Å²) in [5.74, 6) is -1.97. The van der Waals surface area contributed by atoms with E-state index in [2.05, 4.69) is 15.0 Å². The number of aromatic hydroxyl groups is 1. The Labute approximate surface area is 254 Å². The van der Waals surface area contributed by atoms with Gasteiger partial charge >= 0.3 is 0 Å². The topological polar surface area (TPSA) is 97.8 Å². The Morgan fingerprint density at radius 2 is 1.57 bits per heavy atom. The first-order valence-corrected chi connectivity index (χ1v) is 13.8. The molecule has 4 aromatic carbocycles. The maximum atomic E-state index is 13.5. The highest BCUT2D eigenvalue weighted by Crippen LogP contribution is 2.31. The van der Waals surface area contributed by atoms with Crippen LogP contribution in [0.5, 0.6) is 17.2 Å². The van der Waals surface area contributed by atoms with E-state index in [1.54, 1.807) is 30.5 Å². The molecule has 2 N–H and O–H groups in total. The highest BCUT2D eigenvalue weighted by Gasteiger charge is 2.23. The molecule has 0 bridgehead atoms. The number of nitrogens with one attached hydrogen (secondary N) is 1. The van der Waals surface area contributed by atoms with Crippen molar-refractivity contribution in [3.05, 3.63) is 120 Å². The molecule has 0 saturated carbocycles. The fourth-order valence-corrected chi connectivity index (χ4v) is 4.32. The van der Waals surface area contributed by atoms with Crippen LogP contribution in [0.1, 0.15) is 34.1 Å². The summed E-state index contributed by atoms with van der Waals surface area (Å²) in [6.07, 6.45) is 2.28. The third kappa shape index (κ3) is 8.38. The summed E-state index contributed by atoms with van der Waals surface area (Å²) in [4.78, 5) is 26.0. The van der Waals surface area contributed by atoms with Crippen LogP contribution < -0.4 is 10.1 Å². The van der Waals surface area contributed by atoms with Crippen molar-refractivity contribution in [1.29, 1.82) is 0 Å². The number of carbonyl (C=O) groups excluding carboxylic acids is 2. The fourth-order valence-electron chi connectivity index (χ4n) is 4.32. The van der Waals surface area contributed by atoms with Crippen molar-refractivity contribution in [2.75, 3.05) is 13.7 Å². The Hall–Kier alpha value is -5.31. The number of hydrogen-bond acceptors (Lipinski definition) is 6. The molecule has 0 atom stereocenters. The molecule has 0 aliphatic rings. The van der Waals surface area contributed by atoms with Gasteiger partial charge in [0.05, 0.1) is 7.11 Å². The lowest BCUT2D eigenvalue weighted by Gasteiger charge is -2.12. The number of phenolic OH excluding ortho intramolecular Hbond substituents is 1. The van der Waals surface area contributed by atoms with Crippen LogP contribution in [0.4, 0.5) is 8.78 Å². The van der Waals surface area contributed by atoms with E-state index in [0.717, 1.165) is 39.9 Å². The summed E-state index contributed by atoms with van der Waals surface area (Å²) >= 11 is 0. The van der Waals surface area contributed by atoms with Gasteiger partial charge in [0.2, 0.25) is 0 Å². The van der Waals surface area contributed by atoms with Crippen LogP contribution in [0.15, 0.2) is 97.2 Å². The molecule has 0 radical (unpaired) electrons. The van der Waals surface area contributed by atoms with Gasteiger partial charge in [0.15, 0.2) is 0 Å². The lowest BCUT2D eigenvalue weighted by Crippen LogP contribution is -2.26. The normalized spacial score (nSPS) is 10.8. The minimum Gasteiger partial charge on any atom is -0.508 e. The Bertz CT molecular complexity index is 1730. The molecule has 0 spiro atoms. The van der Waals surface area contributed by atoms with Crippen molar-refractivity contribution in [1.82, 2.24) is 10.3 Å². The summed E-state index contributed by atoms with van der Waals surface area (Å²) in [6.45, 7) is 3.53. The highest BCUT2D eigenvalue weighted by molar-refractivity contribution is 5.96. The van der Waals surface area contributed by atoms with E-state index in [0.29, 0.717) is 30.9 Å². The third-order valence-electron chi connectivity index (χ3n) is 6.81. The number of carbonyl (C=O) groups is 2. The van der Waals surface area contributed by atoms with Crippen LogP contribution in [-0.4, -0.2) is 36.1 Å². The zero-order valence-corrected chi connectivity index (χ0v) is 24.5. The number of pyridine rings is 1. The second kappa shape index (κ2) is 14.2. The number of aromatic nitrogens is 1. The SMILES string of the molecule is COC=O.Cc1ccc(-c2ccc(CCNC(=O)c3cc4cc(Oc5ccc(C(C)(F)F)cc5)ccc4cn3)cc2)cc1O. The molecule has 1 aromatic heterocycles. The summed E-state index contributed by atoms with van der Waals surface area (Å²) in [5, 5.41) is 14.5. The van der Waals surface area contributed by atoms with Crippen LogP contribution in [0.2, 0.25) is 0 Å². The van der Waals surface area contributed by atoms with E-state index in [9.17, 15) is 18.7 Å². The Morgan fingerprint density at radius 1 is 0.909 bits per heavy atom. The van der Waals surface area contributed by atoms with Crippen molar-refractivity contribution in [2.45, 2.75) is 26.2 Å². The summed E-state index contributed by atoms with van der Waals surface area (Å²) in [7, 11) is 1.31. The molecule has 0 aliphatic heterocycles. The average molecular weight is 599 g/mol. The number of amides is 1. The van der Waals surface area contributed by atoms with Gasteiger partial charge in [0.1, 0.15) is 22.9 Å². The van der Waals surface area contributed by atoms with Gasteiger partial charge in [-0.05, 0) is 95.6 Å². The minimum atomic E-state index is -2.91. The second-order valence-electron chi connectivity index (χ2n) is 10.1. The summed E-state index contributed by atoms with van der Waals surface area (Å²) in [5.41, 5.74) is 4.06. The van der Waals surface area contributed by atoms with Crippen LogP contribution in [0, 0.1) is 6.92 Å². The number of hydrogen-bond donors (Lipinski definition) is 2. The zero-order valence-electron chi connectivity index (χ0n) is 24.5. The van der Waals surface area contributed by atoms with Crippen LogP contribution in [0.3, 0.4) is 0 Å². The number of methoxy groups -OCH3 is 1. The molecule has 0 saturated heterocycles. The number of alkyl halides is 2. The first-order valence-electron chi connectivity index (χ1n) is 13.8. The lowest BCUT2D eigenvalue weighted by atomic mass is 10.0. The number of phenols is 1. The molecule has 44 heavy (non-hydrogen) atoms. The van der Waals surface area contributed by atoms with E-state index < -0.39 is 5.92 Å². The predicted molar refractivity (Wildman–Crippen MR) is 165 cm³/mol. The van der Waals surface area contributed by atoms with Gasteiger partial charge in [-0.15, -0.1) is 0 Å². The first kappa shape index (κ1) is 31.6. The number of aryl methyl sites for hydroxylation is 1. The van der Waals surface area contributed by atoms with Crippen LogP contribution >= 0.6 is 0 Å². The summed E-state index contributed by atoms with van der Waals surface area (Å²) < 4.78 is 36.6. The fraction of sp³-hybridized carbons (Fsp3) is 0.171. The first-order chi connectivity index (χ1) is 21.1. The van der Waals surface area contributed by atoms with Gasteiger partial charge in [-0.2, -0.15) is 0 Å². The largest absolute Gasteiger partial charge is 0.508 e. The number of halogens is 2. The van der Waals surface area contributed by atoms with Crippen molar-refractivity contribution in [3.63, 3.8) is 0 Å². The quantitative estimate of drug-likeness (QED) is 0.170. The molecule has 1 amide bonds. The maximum Gasteiger partial charge on any atom is 0.292 e. The maximum absolute atomic E-state index is 13.5. The van der Waals surface area contributed by atoms with E-state index in [4.69, 9.17) is 9.53 Å². The molecule has 226 valence electrons. The molecule has 0 aliphatic carbocycles. The van der Waals surface area contributed by atoms with Gasteiger partial charge in [-0.25, -0.2) is 8.78 Å². The van der Waals surface area contributed by atoms with E-state index in [-0.39, 0.29) is 22.9 Å². The van der Waals surface area contributed by atoms with Crippen molar-refractivity contribution in [2.24, 2.45) is 0 Å². The number of rotatable bonds is 9. The van der Waals surface area contributed by atoms with Crippen molar-refractivity contribution < 1.29 is 33.0 Å². The molecule has 1 heterocycles. The van der Waals surface area contributed by atoms with Crippen molar-refractivity contribution in [3.8, 4) is 28.4 Å². The predicted octanol–water partition coefficient (Wildman–Crippen LogP) is 7.58. The molecular formula is C35H32F2N2O5. The molecule has 9 heteroatoms. The van der Waals surface area contributed by atoms with Crippen LogP contribution in [0.25, 0.3) is 21.9 Å². The monoisotopic (exact) mass is 598 g/mol. The lowest BCUT2D eigenvalue weighted by molar-refractivity contribution is -0.126. The van der Waals surface area contributed by atoms with Gasteiger partial charge in [0.25, 0.3) is 18.3 Å². The van der Waals surface area contributed by atoms with Crippen molar-refractivity contribution >= 4 is 23.2 Å². The highest BCUT2D eigenvalue weighted by atomic mass is 19.3. The summed E-state index contributed by atoms with van der Waals surface area (Å²) in [6, 6.07) is 26.4. The van der Waals surface area contributed by atoms with E-state index in [1.165, 1.54) is 31.4 Å². The van der Waals surface area contributed by atoms with Crippen LogP contribution in [-0.2, 0) is 21.9 Å². The molecular weight excluding hydrogens is 566 g/mol. The molecule has 0 fully saturated rings. The van der Waals surface area contributed by atoms with Gasteiger partial charge < -0.3 is 19.9 Å². The molecule has 0 unspecified atom stereocenters. The van der Waals surface area contributed by atoms with Gasteiger partial charge in [-0.1, -0.05) is 36.4 Å². The zero-order chi connectivity index (χ0) is 31.7.